The molecular formula is C10H21N. The maximum absolute atomic E-state index is 2.46. The predicted molar refractivity (Wildman–Crippen MR) is 49.6 cm³/mol. The molecule has 1 saturated heterocycles. The second kappa shape index (κ2) is 3.57. The molecule has 1 heterocycles. The summed E-state index contributed by atoms with van der Waals surface area (Å²) in [7, 11) is 2.24. The van der Waals surface area contributed by atoms with Crippen LogP contribution < -0.4 is 0 Å². The van der Waals surface area contributed by atoms with E-state index in [-0.39, 0.29) is 0 Å². The Labute approximate surface area is 70.8 Å². The summed E-state index contributed by atoms with van der Waals surface area (Å²) in [5.74, 6) is 2.76. The van der Waals surface area contributed by atoms with Crippen molar-refractivity contribution < 1.29 is 0 Å². The average Bonchev–Trinajstić information content (AvgIpc) is 1.85. The van der Waals surface area contributed by atoms with Gasteiger partial charge in [0.1, 0.15) is 0 Å². The molecule has 0 amide bonds. The van der Waals surface area contributed by atoms with Gasteiger partial charge in [-0.3, -0.25) is 0 Å². The van der Waals surface area contributed by atoms with Crippen molar-refractivity contribution in [2.75, 3.05) is 20.1 Å². The van der Waals surface area contributed by atoms with Crippen molar-refractivity contribution in [2.45, 2.75) is 27.2 Å². The van der Waals surface area contributed by atoms with Crippen LogP contribution in [-0.4, -0.2) is 25.0 Å². The van der Waals surface area contributed by atoms with E-state index >= 15 is 0 Å². The zero-order valence-electron chi connectivity index (χ0n) is 8.30. The van der Waals surface area contributed by atoms with Crippen molar-refractivity contribution in [1.29, 1.82) is 0 Å². The third-order valence-corrected chi connectivity index (χ3v) is 3.13. The number of rotatable bonds is 1. The molecule has 0 radical (unpaired) electrons. The molecule has 1 unspecified atom stereocenters. The molecule has 1 heteroatoms. The molecule has 11 heavy (non-hydrogen) atoms. The van der Waals surface area contributed by atoms with Gasteiger partial charge in [-0.05, 0) is 24.8 Å². The minimum absolute atomic E-state index is 0.897. The summed E-state index contributed by atoms with van der Waals surface area (Å²) in [5, 5.41) is 0. The van der Waals surface area contributed by atoms with Crippen molar-refractivity contribution in [1.82, 2.24) is 4.90 Å². The van der Waals surface area contributed by atoms with Crippen LogP contribution in [0.5, 0.6) is 0 Å². The second-order valence-corrected chi connectivity index (χ2v) is 4.25. The first-order valence-electron chi connectivity index (χ1n) is 4.83. The third-order valence-electron chi connectivity index (χ3n) is 3.13. The first-order chi connectivity index (χ1) is 5.15. The van der Waals surface area contributed by atoms with Gasteiger partial charge in [-0.25, -0.2) is 0 Å². The smallest absolute Gasteiger partial charge is 0.000684 e. The molecule has 0 saturated carbocycles. The van der Waals surface area contributed by atoms with Crippen molar-refractivity contribution in [3.63, 3.8) is 0 Å². The molecule has 0 N–H and O–H groups in total. The minimum atomic E-state index is 0.897. The summed E-state index contributed by atoms with van der Waals surface area (Å²) >= 11 is 0. The third kappa shape index (κ3) is 1.96. The minimum Gasteiger partial charge on any atom is -0.306 e. The van der Waals surface area contributed by atoms with Gasteiger partial charge in [0.25, 0.3) is 0 Å². The fourth-order valence-electron chi connectivity index (χ4n) is 2.69. The summed E-state index contributed by atoms with van der Waals surface area (Å²) in [6.45, 7) is 9.69. The van der Waals surface area contributed by atoms with Crippen LogP contribution in [0.15, 0.2) is 0 Å². The Bertz CT molecular complexity index is 110. The molecule has 1 aliphatic heterocycles. The molecule has 0 aromatic carbocycles. The van der Waals surface area contributed by atoms with E-state index in [4.69, 9.17) is 0 Å². The van der Waals surface area contributed by atoms with E-state index in [1.54, 1.807) is 0 Å². The van der Waals surface area contributed by atoms with Crippen LogP contribution in [0.3, 0.4) is 0 Å². The van der Waals surface area contributed by atoms with Gasteiger partial charge in [-0.2, -0.15) is 0 Å². The summed E-state index contributed by atoms with van der Waals surface area (Å²) < 4.78 is 0. The summed E-state index contributed by atoms with van der Waals surface area (Å²) in [6, 6.07) is 0. The van der Waals surface area contributed by atoms with Gasteiger partial charge in [-0.15, -0.1) is 0 Å². The van der Waals surface area contributed by atoms with Gasteiger partial charge in [0, 0.05) is 13.1 Å². The molecule has 0 aromatic rings. The number of likely N-dealkylation sites (tertiary alicyclic amines) is 1. The van der Waals surface area contributed by atoms with Crippen LogP contribution in [0.4, 0.5) is 0 Å². The SMILES string of the molecule is CCC1[C@H](C)CN(C)C[C@@H]1C. The molecule has 1 nitrogen and oxygen atoms in total. The molecule has 1 rings (SSSR count). The lowest BCUT2D eigenvalue weighted by molar-refractivity contribution is 0.0955. The highest BCUT2D eigenvalue weighted by molar-refractivity contribution is 4.80. The van der Waals surface area contributed by atoms with Gasteiger partial charge < -0.3 is 4.90 Å². The Hall–Kier alpha value is -0.0400. The average molecular weight is 155 g/mol. The van der Waals surface area contributed by atoms with Crippen LogP contribution in [0.1, 0.15) is 27.2 Å². The van der Waals surface area contributed by atoms with Crippen LogP contribution >= 0.6 is 0 Å². The normalized spacial score (nSPS) is 40.9. The van der Waals surface area contributed by atoms with E-state index in [0.717, 1.165) is 17.8 Å². The zero-order valence-corrected chi connectivity index (χ0v) is 8.30. The largest absolute Gasteiger partial charge is 0.306 e. The van der Waals surface area contributed by atoms with Crippen molar-refractivity contribution in [3.8, 4) is 0 Å². The number of piperidine rings is 1. The maximum Gasteiger partial charge on any atom is 0.000684 e. The van der Waals surface area contributed by atoms with E-state index in [9.17, 15) is 0 Å². The van der Waals surface area contributed by atoms with E-state index in [2.05, 4.69) is 32.7 Å². The molecule has 0 aliphatic carbocycles. The Kier molecular flexibility index (Phi) is 2.94. The van der Waals surface area contributed by atoms with Gasteiger partial charge in [0.15, 0.2) is 0 Å². The topological polar surface area (TPSA) is 3.24 Å². The molecule has 1 aliphatic rings. The van der Waals surface area contributed by atoms with Gasteiger partial charge in [-0.1, -0.05) is 27.2 Å². The molecule has 3 atom stereocenters. The van der Waals surface area contributed by atoms with E-state index in [1.165, 1.54) is 19.5 Å². The molecule has 1 fully saturated rings. The highest BCUT2D eigenvalue weighted by atomic mass is 15.1. The van der Waals surface area contributed by atoms with Crippen molar-refractivity contribution >= 4 is 0 Å². The Morgan fingerprint density at radius 1 is 1.18 bits per heavy atom. The van der Waals surface area contributed by atoms with E-state index in [1.807, 2.05) is 0 Å². The Morgan fingerprint density at radius 2 is 1.64 bits per heavy atom. The molecule has 0 bridgehead atoms. The zero-order chi connectivity index (χ0) is 8.43. The fraction of sp³-hybridized carbons (Fsp3) is 1.00. The summed E-state index contributed by atoms with van der Waals surface area (Å²) in [4.78, 5) is 2.46. The number of hydrogen-bond donors (Lipinski definition) is 0. The van der Waals surface area contributed by atoms with Crippen molar-refractivity contribution in [3.05, 3.63) is 0 Å². The fourth-order valence-corrected chi connectivity index (χ4v) is 2.69. The summed E-state index contributed by atoms with van der Waals surface area (Å²) in [6.07, 6.45) is 1.36. The molecular weight excluding hydrogens is 134 g/mol. The van der Waals surface area contributed by atoms with Gasteiger partial charge in [0.2, 0.25) is 0 Å². The standard InChI is InChI=1S/C10H21N/c1-5-10-8(2)6-11(4)7-9(10)3/h8-10H,5-7H2,1-4H3/t8-,9+,10?. The Balaban J connectivity index is 2.52. The highest BCUT2D eigenvalue weighted by Gasteiger charge is 2.28. The van der Waals surface area contributed by atoms with Crippen LogP contribution in [0, 0.1) is 17.8 Å². The van der Waals surface area contributed by atoms with Crippen molar-refractivity contribution in [2.24, 2.45) is 17.8 Å². The molecule has 66 valence electrons. The highest BCUT2D eigenvalue weighted by Crippen LogP contribution is 2.29. The quantitative estimate of drug-likeness (QED) is 0.561. The Morgan fingerprint density at radius 3 is 2.00 bits per heavy atom. The van der Waals surface area contributed by atoms with E-state index in [0.29, 0.717) is 0 Å². The lowest BCUT2D eigenvalue weighted by Gasteiger charge is -2.39. The van der Waals surface area contributed by atoms with Gasteiger partial charge >= 0.3 is 0 Å². The molecule has 0 aromatic heterocycles. The van der Waals surface area contributed by atoms with Crippen LogP contribution in [-0.2, 0) is 0 Å². The lowest BCUT2D eigenvalue weighted by atomic mass is 9.78. The lowest BCUT2D eigenvalue weighted by Crippen LogP contribution is -2.41. The van der Waals surface area contributed by atoms with Crippen LogP contribution in [0.25, 0.3) is 0 Å². The van der Waals surface area contributed by atoms with Crippen LogP contribution in [0.2, 0.25) is 0 Å². The molecule has 0 spiro atoms. The van der Waals surface area contributed by atoms with Gasteiger partial charge in [0.05, 0.1) is 0 Å². The predicted octanol–water partition coefficient (Wildman–Crippen LogP) is 2.23. The maximum atomic E-state index is 2.46. The summed E-state index contributed by atoms with van der Waals surface area (Å²) in [5.41, 5.74) is 0. The first-order valence-corrected chi connectivity index (χ1v) is 4.83. The monoisotopic (exact) mass is 155 g/mol. The van der Waals surface area contributed by atoms with E-state index < -0.39 is 0 Å². The number of nitrogens with zero attached hydrogens (tertiary/aromatic N) is 1. The second-order valence-electron chi connectivity index (χ2n) is 4.25. The number of hydrogen-bond acceptors (Lipinski definition) is 1. The first kappa shape index (κ1) is 9.05.